The van der Waals surface area contributed by atoms with Crippen molar-refractivity contribution in [1.29, 1.82) is 0 Å². The number of halogens is 2. The van der Waals surface area contributed by atoms with Gasteiger partial charge in [0.15, 0.2) is 0 Å². The van der Waals surface area contributed by atoms with Crippen LogP contribution in [0.2, 0.25) is 10.0 Å². The van der Waals surface area contributed by atoms with Crippen molar-refractivity contribution in [1.82, 2.24) is 4.90 Å². The van der Waals surface area contributed by atoms with Crippen molar-refractivity contribution < 1.29 is 13.2 Å². The number of carbonyl (C=O) groups excluding carboxylic acids is 1. The van der Waals surface area contributed by atoms with Crippen LogP contribution >= 0.6 is 23.2 Å². The second kappa shape index (κ2) is 6.12. The van der Waals surface area contributed by atoms with Crippen molar-refractivity contribution in [3.63, 3.8) is 0 Å². The van der Waals surface area contributed by atoms with Gasteiger partial charge in [-0.2, -0.15) is 0 Å². The number of benzene rings is 1. The molecule has 0 radical (unpaired) electrons. The predicted molar refractivity (Wildman–Crippen MR) is 82.1 cm³/mol. The summed E-state index contributed by atoms with van der Waals surface area (Å²) in [5.41, 5.74) is 0.162. The fourth-order valence-corrected chi connectivity index (χ4v) is 3.62. The van der Waals surface area contributed by atoms with E-state index < -0.39 is 10.0 Å². The number of hydrogen-bond acceptors (Lipinski definition) is 3. The predicted octanol–water partition coefficient (Wildman–Crippen LogP) is 2.51. The van der Waals surface area contributed by atoms with Crippen molar-refractivity contribution in [2.45, 2.75) is 24.2 Å². The lowest BCUT2D eigenvalue weighted by Crippen LogP contribution is -2.34. The number of amides is 1. The first-order valence-corrected chi connectivity index (χ1v) is 8.77. The highest BCUT2D eigenvalue weighted by atomic mass is 35.5. The van der Waals surface area contributed by atoms with E-state index in [-0.39, 0.29) is 26.4 Å². The zero-order valence-electron chi connectivity index (χ0n) is 11.5. The Morgan fingerprint density at radius 3 is 2.48 bits per heavy atom. The summed E-state index contributed by atoms with van der Waals surface area (Å²) < 4.78 is 23.0. The van der Waals surface area contributed by atoms with Gasteiger partial charge in [0.1, 0.15) is 4.90 Å². The maximum absolute atomic E-state index is 12.4. The Kier molecular flexibility index (Phi) is 4.82. The molecule has 116 valence electrons. The van der Waals surface area contributed by atoms with Crippen LogP contribution in [0.1, 0.15) is 29.6 Å². The molecule has 0 bridgehead atoms. The largest absolute Gasteiger partial charge is 0.341 e. The van der Waals surface area contributed by atoms with Crippen LogP contribution in [0.5, 0.6) is 0 Å². The molecule has 2 N–H and O–H groups in total. The van der Waals surface area contributed by atoms with Gasteiger partial charge in [0.2, 0.25) is 10.0 Å². The van der Waals surface area contributed by atoms with Gasteiger partial charge in [0, 0.05) is 19.2 Å². The second-order valence-corrected chi connectivity index (χ2v) is 7.61. The van der Waals surface area contributed by atoms with Crippen molar-refractivity contribution in [2.24, 2.45) is 11.1 Å². The molecule has 8 heteroatoms. The van der Waals surface area contributed by atoms with Gasteiger partial charge in [0.25, 0.3) is 5.91 Å². The minimum absolute atomic E-state index is 0.0106. The van der Waals surface area contributed by atoms with Crippen LogP contribution in [0.3, 0.4) is 0 Å². The molecule has 1 aliphatic rings. The molecule has 0 heterocycles. The highest BCUT2D eigenvalue weighted by Crippen LogP contribution is 2.31. The number of nitrogens with two attached hydrogens (primary N) is 1. The topological polar surface area (TPSA) is 80.5 Å². The molecule has 1 aromatic carbocycles. The van der Waals surface area contributed by atoms with E-state index >= 15 is 0 Å². The van der Waals surface area contributed by atoms with E-state index in [0.29, 0.717) is 12.5 Å². The van der Waals surface area contributed by atoms with Crippen LogP contribution in [0.25, 0.3) is 0 Å². The van der Waals surface area contributed by atoms with Crippen LogP contribution in [0, 0.1) is 5.92 Å². The van der Waals surface area contributed by atoms with Crippen molar-refractivity contribution in [2.75, 3.05) is 13.6 Å². The summed E-state index contributed by atoms with van der Waals surface area (Å²) in [6, 6.07) is 2.53. The first-order chi connectivity index (χ1) is 9.70. The maximum Gasteiger partial charge on any atom is 0.253 e. The summed E-state index contributed by atoms with van der Waals surface area (Å²) in [6.07, 6.45) is 3.41. The molecule has 0 aromatic heterocycles. The van der Waals surface area contributed by atoms with Gasteiger partial charge in [-0.1, -0.05) is 29.6 Å². The first kappa shape index (κ1) is 16.5. The molecule has 2 rings (SSSR count). The number of sulfonamides is 1. The molecule has 5 nitrogen and oxygen atoms in total. The summed E-state index contributed by atoms with van der Waals surface area (Å²) in [4.78, 5) is 13.6. The Labute approximate surface area is 134 Å². The Hall–Kier alpha value is -0.820. The number of nitrogens with zero attached hydrogens (tertiary/aromatic N) is 1. The highest BCUT2D eigenvalue weighted by Gasteiger charge is 2.24. The third-order valence-electron chi connectivity index (χ3n) is 3.65. The summed E-state index contributed by atoms with van der Waals surface area (Å²) >= 11 is 11.7. The summed E-state index contributed by atoms with van der Waals surface area (Å²) in [5.74, 6) is 0.213. The lowest BCUT2D eigenvalue weighted by molar-refractivity contribution is 0.0745. The molecule has 1 fully saturated rings. The van der Waals surface area contributed by atoms with Gasteiger partial charge in [-0.25, -0.2) is 13.6 Å². The minimum Gasteiger partial charge on any atom is -0.341 e. The summed E-state index contributed by atoms with van der Waals surface area (Å²) in [7, 11) is -2.36. The minimum atomic E-state index is -4.04. The van der Waals surface area contributed by atoms with E-state index in [4.69, 9.17) is 28.3 Å². The first-order valence-electron chi connectivity index (χ1n) is 6.47. The smallest absolute Gasteiger partial charge is 0.253 e. The van der Waals surface area contributed by atoms with Gasteiger partial charge in [0.05, 0.1) is 10.0 Å². The zero-order valence-corrected chi connectivity index (χ0v) is 13.8. The summed E-state index contributed by atoms with van der Waals surface area (Å²) in [5, 5.41) is 4.91. The zero-order chi connectivity index (χ0) is 15.8. The van der Waals surface area contributed by atoms with Crippen LogP contribution in [0.4, 0.5) is 0 Å². The van der Waals surface area contributed by atoms with E-state index in [9.17, 15) is 13.2 Å². The fraction of sp³-hybridized carbons (Fsp3) is 0.462. The van der Waals surface area contributed by atoms with E-state index in [1.165, 1.54) is 18.6 Å². The molecule has 0 atom stereocenters. The molecule has 1 aromatic rings. The molecular weight excluding hydrogens is 335 g/mol. The van der Waals surface area contributed by atoms with E-state index in [2.05, 4.69) is 0 Å². The Morgan fingerprint density at radius 2 is 2.00 bits per heavy atom. The van der Waals surface area contributed by atoms with E-state index in [1.807, 2.05) is 0 Å². The number of hydrogen-bond donors (Lipinski definition) is 1. The van der Waals surface area contributed by atoms with Crippen LogP contribution in [-0.2, 0) is 10.0 Å². The van der Waals surface area contributed by atoms with Crippen molar-refractivity contribution >= 4 is 39.1 Å². The van der Waals surface area contributed by atoms with Gasteiger partial charge < -0.3 is 4.90 Å². The summed E-state index contributed by atoms with van der Waals surface area (Å²) in [6.45, 7) is 0.643. The molecule has 0 aliphatic heterocycles. The second-order valence-electron chi connectivity index (χ2n) is 5.30. The third kappa shape index (κ3) is 3.69. The lowest BCUT2D eigenvalue weighted by atomic mass is 9.85. The van der Waals surface area contributed by atoms with Crippen LogP contribution < -0.4 is 5.14 Å². The van der Waals surface area contributed by atoms with Crippen molar-refractivity contribution in [3.05, 3.63) is 27.7 Å². The molecular formula is C13H16Cl2N2O3S. The van der Waals surface area contributed by atoms with Gasteiger partial charge in [-0.3, -0.25) is 4.79 Å². The van der Waals surface area contributed by atoms with E-state index in [1.54, 1.807) is 11.9 Å². The average molecular weight is 351 g/mol. The van der Waals surface area contributed by atoms with Crippen LogP contribution in [0.15, 0.2) is 17.0 Å². The molecule has 0 saturated heterocycles. The standard InChI is InChI=1S/C13H16Cl2N2O3S/c1-17(7-8-3-2-4-8)13(18)9-5-10(14)12(15)11(6-9)21(16,19)20/h5-6,8H,2-4,7H2,1H3,(H2,16,19,20). The molecule has 0 unspecified atom stereocenters. The highest BCUT2D eigenvalue weighted by molar-refractivity contribution is 7.89. The Balaban J connectivity index is 2.30. The Bertz CT molecular complexity index is 672. The molecule has 1 saturated carbocycles. The monoisotopic (exact) mass is 350 g/mol. The number of carbonyl (C=O) groups is 1. The SMILES string of the molecule is CN(CC1CCC1)C(=O)c1cc(Cl)c(Cl)c(S(N)(=O)=O)c1. The van der Waals surface area contributed by atoms with Gasteiger partial charge >= 0.3 is 0 Å². The fourth-order valence-electron chi connectivity index (χ4n) is 2.26. The quantitative estimate of drug-likeness (QED) is 0.905. The average Bonchev–Trinajstić information content (AvgIpc) is 2.34. The van der Waals surface area contributed by atoms with Gasteiger partial charge in [-0.15, -0.1) is 0 Å². The number of primary sulfonamides is 1. The maximum atomic E-state index is 12.4. The van der Waals surface area contributed by atoms with Crippen LogP contribution in [-0.4, -0.2) is 32.8 Å². The molecule has 1 amide bonds. The third-order valence-corrected chi connectivity index (χ3v) is 5.50. The van der Waals surface area contributed by atoms with Gasteiger partial charge in [-0.05, 0) is 30.9 Å². The Morgan fingerprint density at radius 1 is 1.38 bits per heavy atom. The molecule has 0 spiro atoms. The molecule has 1 aliphatic carbocycles. The lowest BCUT2D eigenvalue weighted by Gasteiger charge is -2.30. The van der Waals surface area contributed by atoms with E-state index in [0.717, 1.165) is 12.8 Å². The van der Waals surface area contributed by atoms with Crippen molar-refractivity contribution in [3.8, 4) is 0 Å². The molecule has 21 heavy (non-hydrogen) atoms. The normalized spacial score (nSPS) is 15.6. The number of rotatable bonds is 4.